The summed E-state index contributed by atoms with van der Waals surface area (Å²) < 4.78 is 18.2. The Bertz CT molecular complexity index is 1320. The molecule has 2 N–H and O–H groups in total. The number of fused-ring (bicyclic) bond motifs is 2. The Hall–Kier alpha value is -3.17. The summed E-state index contributed by atoms with van der Waals surface area (Å²) in [6.07, 6.45) is 1.98. The lowest BCUT2D eigenvalue weighted by Crippen LogP contribution is -3.08. The van der Waals surface area contributed by atoms with Gasteiger partial charge >= 0.3 is 5.97 Å². The topological polar surface area (TPSA) is 91.2 Å². The van der Waals surface area contributed by atoms with Crippen LogP contribution in [-0.2, 0) is 33.7 Å². The Morgan fingerprint density at radius 1 is 1.12 bits per heavy atom. The van der Waals surface area contributed by atoms with Crippen LogP contribution in [0.5, 0.6) is 11.5 Å². The van der Waals surface area contributed by atoms with Crippen molar-refractivity contribution in [1.29, 1.82) is 0 Å². The minimum absolute atomic E-state index is 0.0259. The van der Waals surface area contributed by atoms with Crippen molar-refractivity contribution in [2.75, 3.05) is 33.9 Å². The SMILES string of the molecule is CC[NH+](C)CCCOc1cc2nc(CNC(=O)C3(CC(=O)OC(C)(C)C)Cc4ccccc4C3)sc2cc1OC. The summed E-state index contributed by atoms with van der Waals surface area (Å²) >= 11 is 1.51. The Balaban J connectivity index is 1.46. The maximum absolute atomic E-state index is 13.7. The largest absolute Gasteiger partial charge is 0.493 e. The van der Waals surface area contributed by atoms with E-state index in [4.69, 9.17) is 19.2 Å². The fourth-order valence-electron chi connectivity index (χ4n) is 5.12. The van der Waals surface area contributed by atoms with Crippen LogP contribution in [-0.4, -0.2) is 56.3 Å². The molecule has 9 heteroatoms. The number of carbonyl (C=O) groups excluding carboxylic acids is 2. The average Bonchev–Trinajstić information content (AvgIpc) is 3.48. The number of benzene rings is 2. The Morgan fingerprint density at radius 3 is 2.45 bits per heavy atom. The zero-order valence-corrected chi connectivity index (χ0v) is 25.3. The molecule has 0 bridgehead atoms. The third kappa shape index (κ3) is 7.31. The van der Waals surface area contributed by atoms with E-state index in [9.17, 15) is 9.59 Å². The van der Waals surface area contributed by atoms with Crippen LogP contribution in [0.4, 0.5) is 0 Å². The Labute approximate surface area is 241 Å². The molecule has 1 atom stereocenters. The molecule has 3 aromatic rings. The first-order valence-corrected chi connectivity index (χ1v) is 14.8. The van der Waals surface area contributed by atoms with Gasteiger partial charge in [-0.3, -0.25) is 9.59 Å². The smallest absolute Gasteiger partial charge is 0.307 e. The second-order valence-corrected chi connectivity index (χ2v) is 12.8. The third-order valence-corrected chi connectivity index (χ3v) is 8.31. The zero-order valence-electron chi connectivity index (χ0n) is 24.5. The number of carbonyl (C=O) groups is 2. The molecule has 0 fully saturated rings. The van der Waals surface area contributed by atoms with E-state index in [-0.39, 0.29) is 24.8 Å². The molecule has 0 saturated carbocycles. The van der Waals surface area contributed by atoms with Crippen LogP contribution in [0.3, 0.4) is 0 Å². The van der Waals surface area contributed by atoms with E-state index in [1.54, 1.807) is 7.11 Å². The number of hydrogen-bond acceptors (Lipinski definition) is 7. The molecule has 2 aromatic carbocycles. The van der Waals surface area contributed by atoms with E-state index < -0.39 is 11.0 Å². The summed E-state index contributed by atoms with van der Waals surface area (Å²) in [5.41, 5.74) is 1.50. The fourth-order valence-corrected chi connectivity index (χ4v) is 6.04. The van der Waals surface area contributed by atoms with Crippen LogP contribution in [0, 0.1) is 5.41 Å². The van der Waals surface area contributed by atoms with Crippen LogP contribution in [0.1, 0.15) is 56.7 Å². The van der Waals surface area contributed by atoms with E-state index in [1.807, 2.05) is 57.2 Å². The standard InChI is InChI=1S/C31H41N3O5S/c1-7-34(5)13-10-14-38-25-15-23-26(16-24(25)37-6)40-27(33-23)20-32-29(36)31(19-28(35)39-30(2,3)4)17-21-11-8-9-12-22(21)18-31/h8-9,11-12,15-16H,7,10,13-14,17-20H2,1-6H3,(H,32,36)/p+1. The number of amides is 1. The number of nitrogens with zero attached hydrogens (tertiary/aromatic N) is 1. The molecule has 1 aromatic heterocycles. The highest BCUT2D eigenvalue weighted by Crippen LogP contribution is 2.41. The van der Waals surface area contributed by atoms with Crippen LogP contribution < -0.4 is 19.7 Å². The van der Waals surface area contributed by atoms with Gasteiger partial charge in [-0.25, -0.2) is 4.98 Å². The van der Waals surface area contributed by atoms with E-state index in [0.29, 0.717) is 30.9 Å². The minimum atomic E-state index is -0.888. The summed E-state index contributed by atoms with van der Waals surface area (Å²) in [6.45, 7) is 10.7. The molecule has 1 aliphatic carbocycles. The van der Waals surface area contributed by atoms with E-state index in [2.05, 4.69) is 19.3 Å². The van der Waals surface area contributed by atoms with Crippen molar-refractivity contribution in [3.8, 4) is 11.5 Å². The second-order valence-electron chi connectivity index (χ2n) is 11.7. The number of quaternary nitrogens is 1. The van der Waals surface area contributed by atoms with Gasteiger partial charge in [0, 0.05) is 18.6 Å². The maximum atomic E-state index is 13.7. The number of esters is 1. The van der Waals surface area contributed by atoms with Gasteiger partial charge in [0.05, 0.1) is 62.5 Å². The average molecular weight is 569 g/mol. The Morgan fingerprint density at radius 2 is 1.82 bits per heavy atom. The number of rotatable bonds is 12. The summed E-state index contributed by atoms with van der Waals surface area (Å²) in [4.78, 5) is 32.8. The minimum Gasteiger partial charge on any atom is -0.493 e. The quantitative estimate of drug-likeness (QED) is 0.256. The van der Waals surface area contributed by atoms with Gasteiger partial charge in [-0.2, -0.15) is 0 Å². The van der Waals surface area contributed by atoms with Gasteiger partial charge in [-0.05, 0) is 51.7 Å². The van der Waals surface area contributed by atoms with Crippen molar-refractivity contribution < 1.29 is 28.7 Å². The molecule has 1 unspecified atom stereocenters. The molecule has 1 amide bonds. The predicted molar refractivity (Wildman–Crippen MR) is 157 cm³/mol. The van der Waals surface area contributed by atoms with Gasteiger partial charge in [0.25, 0.3) is 0 Å². The van der Waals surface area contributed by atoms with Crippen LogP contribution in [0.25, 0.3) is 10.2 Å². The molecule has 0 aliphatic heterocycles. The lowest BCUT2D eigenvalue weighted by molar-refractivity contribution is -0.877. The van der Waals surface area contributed by atoms with Crippen molar-refractivity contribution >= 4 is 33.4 Å². The van der Waals surface area contributed by atoms with E-state index in [0.717, 1.165) is 45.9 Å². The maximum Gasteiger partial charge on any atom is 0.307 e. The molecule has 1 aliphatic rings. The van der Waals surface area contributed by atoms with Gasteiger partial charge in [0.15, 0.2) is 11.5 Å². The zero-order chi connectivity index (χ0) is 28.9. The van der Waals surface area contributed by atoms with E-state index >= 15 is 0 Å². The molecule has 0 radical (unpaired) electrons. The number of nitrogens with one attached hydrogen (secondary N) is 2. The second kappa shape index (κ2) is 12.6. The van der Waals surface area contributed by atoms with Crippen LogP contribution in [0.2, 0.25) is 0 Å². The number of methoxy groups -OCH3 is 1. The monoisotopic (exact) mass is 568 g/mol. The first-order chi connectivity index (χ1) is 19.0. The first-order valence-electron chi connectivity index (χ1n) is 14.0. The van der Waals surface area contributed by atoms with Crippen LogP contribution >= 0.6 is 11.3 Å². The van der Waals surface area contributed by atoms with Crippen molar-refractivity contribution in [2.45, 2.75) is 65.5 Å². The predicted octanol–water partition coefficient (Wildman–Crippen LogP) is 3.74. The summed E-state index contributed by atoms with van der Waals surface area (Å²) in [6, 6.07) is 11.8. The molecule has 8 nitrogen and oxygen atoms in total. The number of aromatic nitrogens is 1. The molecule has 40 heavy (non-hydrogen) atoms. The molecule has 1 heterocycles. The highest BCUT2D eigenvalue weighted by Gasteiger charge is 2.46. The summed E-state index contributed by atoms with van der Waals surface area (Å²) in [5.74, 6) is 0.820. The van der Waals surface area contributed by atoms with Crippen molar-refractivity contribution in [3.05, 3.63) is 52.5 Å². The summed E-state index contributed by atoms with van der Waals surface area (Å²) in [7, 11) is 3.81. The Kier molecular flexibility index (Phi) is 9.36. The normalized spacial score (nSPS) is 14.9. The molecule has 0 spiro atoms. The molecule has 4 rings (SSSR count). The van der Waals surface area contributed by atoms with Crippen LogP contribution in [0.15, 0.2) is 36.4 Å². The lowest BCUT2D eigenvalue weighted by Gasteiger charge is -2.28. The summed E-state index contributed by atoms with van der Waals surface area (Å²) in [5, 5.41) is 3.86. The highest BCUT2D eigenvalue weighted by molar-refractivity contribution is 7.18. The number of thiazole rings is 1. The van der Waals surface area contributed by atoms with Crippen molar-refractivity contribution in [2.24, 2.45) is 5.41 Å². The first kappa shape index (κ1) is 29.8. The molecule has 216 valence electrons. The highest BCUT2D eigenvalue weighted by atomic mass is 32.1. The molecular formula is C31H42N3O5S+. The fraction of sp³-hybridized carbons (Fsp3) is 0.516. The molecule has 0 saturated heterocycles. The van der Waals surface area contributed by atoms with Gasteiger partial charge in [0.2, 0.25) is 5.91 Å². The van der Waals surface area contributed by atoms with Crippen molar-refractivity contribution in [1.82, 2.24) is 10.3 Å². The lowest BCUT2D eigenvalue weighted by atomic mass is 9.80. The van der Waals surface area contributed by atoms with Gasteiger partial charge in [-0.15, -0.1) is 11.3 Å². The van der Waals surface area contributed by atoms with Crippen molar-refractivity contribution in [3.63, 3.8) is 0 Å². The van der Waals surface area contributed by atoms with Gasteiger partial charge in [-0.1, -0.05) is 24.3 Å². The third-order valence-electron chi connectivity index (χ3n) is 7.29. The molecular weight excluding hydrogens is 526 g/mol. The number of hydrogen-bond donors (Lipinski definition) is 2. The van der Waals surface area contributed by atoms with E-state index in [1.165, 1.54) is 16.2 Å². The van der Waals surface area contributed by atoms with Gasteiger partial charge in [0.1, 0.15) is 10.6 Å². The number of ether oxygens (including phenoxy) is 3. The van der Waals surface area contributed by atoms with Gasteiger partial charge < -0.3 is 24.4 Å².